The maximum Gasteiger partial charge on any atom is 0.573 e. The van der Waals surface area contributed by atoms with Crippen LogP contribution in [0.3, 0.4) is 0 Å². The molecule has 0 unspecified atom stereocenters. The minimum atomic E-state index is -4.74. The van der Waals surface area contributed by atoms with Crippen molar-refractivity contribution in [1.82, 2.24) is 0 Å². The second-order valence-electron chi connectivity index (χ2n) is 6.65. The van der Waals surface area contributed by atoms with Crippen molar-refractivity contribution in [2.24, 2.45) is 0 Å². The molecule has 0 aromatic heterocycles. The van der Waals surface area contributed by atoms with Gasteiger partial charge in [-0.15, -0.1) is 13.2 Å². The lowest BCUT2D eigenvalue weighted by Crippen LogP contribution is -2.17. The Morgan fingerprint density at radius 2 is 1.57 bits per heavy atom. The van der Waals surface area contributed by atoms with Gasteiger partial charge in [-0.25, -0.2) is 0 Å². The number of hydrogen-bond donors (Lipinski definition) is 1. The average molecular weight is 415 g/mol. The summed E-state index contributed by atoms with van der Waals surface area (Å²) in [5.41, 5.74) is 3.33. The Balaban J connectivity index is 0.00000101. The molecule has 0 aliphatic carbocycles. The molecule has 0 atom stereocenters. The van der Waals surface area contributed by atoms with E-state index in [1.165, 1.54) is 30.7 Å². The number of carbonyl (C=O) groups excluding carboxylic acids is 1. The quantitative estimate of drug-likeness (QED) is 0.488. The number of ether oxygens (including phenoxy) is 1. The third-order valence-electron chi connectivity index (χ3n) is 3.85. The van der Waals surface area contributed by atoms with Crippen molar-refractivity contribution in [3.8, 4) is 16.9 Å². The minimum absolute atomic E-state index is 0.299. The largest absolute Gasteiger partial charge is 0.573 e. The second kappa shape index (κ2) is 10.5. The standard InChI is InChI=1S/C21H16F3NO2.C3H8/c1-14-5-4-6-16(13-14)25-20(26)19-8-3-2-7-18(19)15-9-11-17(12-10-15)27-21(22,23)24;1-3-2/h2-13H,1H3,(H,25,26);3H2,1-2H3. The topological polar surface area (TPSA) is 38.3 Å². The van der Waals surface area contributed by atoms with Gasteiger partial charge in [-0.3, -0.25) is 4.79 Å². The van der Waals surface area contributed by atoms with Crippen LogP contribution in [0.1, 0.15) is 36.2 Å². The summed E-state index contributed by atoms with van der Waals surface area (Å²) in [7, 11) is 0. The molecule has 6 heteroatoms. The zero-order valence-electron chi connectivity index (χ0n) is 17.1. The summed E-state index contributed by atoms with van der Waals surface area (Å²) in [6.07, 6.45) is -3.49. The number of aryl methyl sites for hydroxylation is 1. The Morgan fingerprint density at radius 1 is 0.933 bits per heavy atom. The van der Waals surface area contributed by atoms with Crippen LogP contribution in [-0.2, 0) is 0 Å². The van der Waals surface area contributed by atoms with Crippen LogP contribution in [0.25, 0.3) is 11.1 Å². The van der Waals surface area contributed by atoms with Gasteiger partial charge in [0.1, 0.15) is 5.75 Å². The average Bonchev–Trinajstić information content (AvgIpc) is 2.68. The highest BCUT2D eigenvalue weighted by molar-refractivity contribution is 6.08. The molecule has 0 aliphatic heterocycles. The van der Waals surface area contributed by atoms with Gasteiger partial charge < -0.3 is 10.1 Å². The Hall–Kier alpha value is -3.28. The number of rotatable bonds is 4. The Labute approximate surface area is 174 Å². The maximum absolute atomic E-state index is 12.7. The fourth-order valence-electron chi connectivity index (χ4n) is 2.69. The molecular weight excluding hydrogens is 391 g/mol. The Bertz CT molecular complexity index is 967. The van der Waals surface area contributed by atoms with Gasteiger partial charge >= 0.3 is 6.36 Å². The summed E-state index contributed by atoms with van der Waals surface area (Å²) >= 11 is 0. The molecular formula is C24H24F3NO2. The van der Waals surface area contributed by atoms with Gasteiger partial charge in [0.2, 0.25) is 0 Å². The van der Waals surface area contributed by atoms with Gasteiger partial charge in [0.05, 0.1) is 0 Å². The number of benzene rings is 3. The van der Waals surface area contributed by atoms with Gasteiger partial charge in [0, 0.05) is 11.3 Å². The maximum atomic E-state index is 12.7. The number of halogens is 3. The molecule has 3 aromatic carbocycles. The van der Waals surface area contributed by atoms with E-state index in [0.29, 0.717) is 22.4 Å². The van der Waals surface area contributed by atoms with Crippen molar-refractivity contribution in [3.05, 3.63) is 83.9 Å². The summed E-state index contributed by atoms with van der Waals surface area (Å²) in [6.45, 7) is 6.17. The number of carbonyl (C=O) groups is 1. The van der Waals surface area contributed by atoms with E-state index in [1.54, 1.807) is 30.3 Å². The Kier molecular flexibility index (Phi) is 8.04. The number of hydrogen-bond acceptors (Lipinski definition) is 2. The molecule has 0 fully saturated rings. The molecule has 1 amide bonds. The monoisotopic (exact) mass is 415 g/mol. The highest BCUT2D eigenvalue weighted by Crippen LogP contribution is 2.29. The van der Waals surface area contributed by atoms with Crippen LogP contribution >= 0.6 is 0 Å². The molecule has 30 heavy (non-hydrogen) atoms. The van der Waals surface area contributed by atoms with Crippen LogP contribution in [0.4, 0.5) is 18.9 Å². The molecule has 0 aliphatic rings. The van der Waals surface area contributed by atoms with Gasteiger partial charge in [-0.05, 0) is 53.9 Å². The van der Waals surface area contributed by atoms with E-state index in [0.717, 1.165) is 5.56 Å². The lowest BCUT2D eigenvalue weighted by atomic mass is 9.99. The smallest absolute Gasteiger partial charge is 0.406 e. The van der Waals surface area contributed by atoms with Crippen molar-refractivity contribution >= 4 is 11.6 Å². The first-order valence-electron chi connectivity index (χ1n) is 9.56. The first kappa shape index (κ1) is 23.0. The molecule has 3 rings (SSSR count). The summed E-state index contributed by atoms with van der Waals surface area (Å²) in [5.74, 6) is -0.611. The first-order chi connectivity index (χ1) is 14.2. The third-order valence-corrected chi connectivity index (χ3v) is 3.85. The van der Waals surface area contributed by atoms with Crippen LogP contribution in [0, 0.1) is 6.92 Å². The summed E-state index contributed by atoms with van der Waals surface area (Å²) in [6, 6.07) is 19.7. The fraction of sp³-hybridized carbons (Fsp3) is 0.208. The van der Waals surface area contributed by atoms with Crippen LogP contribution < -0.4 is 10.1 Å². The van der Waals surface area contributed by atoms with E-state index in [-0.39, 0.29) is 11.7 Å². The van der Waals surface area contributed by atoms with Crippen LogP contribution in [0.2, 0.25) is 0 Å². The lowest BCUT2D eigenvalue weighted by molar-refractivity contribution is -0.274. The zero-order valence-corrected chi connectivity index (χ0v) is 17.1. The van der Waals surface area contributed by atoms with Crippen LogP contribution in [0.5, 0.6) is 5.75 Å². The number of alkyl halides is 3. The third kappa shape index (κ3) is 6.95. The zero-order chi connectivity index (χ0) is 22.1. The Morgan fingerprint density at radius 3 is 2.17 bits per heavy atom. The van der Waals surface area contributed by atoms with Gasteiger partial charge in [0.15, 0.2) is 0 Å². The number of anilines is 1. The highest BCUT2D eigenvalue weighted by atomic mass is 19.4. The van der Waals surface area contributed by atoms with E-state index >= 15 is 0 Å². The molecule has 3 aromatic rings. The van der Waals surface area contributed by atoms with Crippen LogP contribution in [-0.4, -0.2) is 12.3 Å². The lowest BCUT2D eigenvalue weighted by Gasteiger charge is -2.12. The molecule has 0 radical (unpaired) electrons. The van der Waals surface area contributed by atoms with E-state index in [2.05, 4.69) is 23.9 Å². The van der Waals surface area contributed by atoms with E-state index < -0.39 is 6.36 Å². The van der Waals surface area contributed by atoms with Gasteiger partial charge in [0.25, 0.3) is 5.91 Å². The predicted octanol–water partition coefficient (Wildman–Crippen LogP) is 7.23. The molecule has 0 bridgehead atoms. The second-order valence-corrected chi connectivity index (χ2v) is 6.65. The number of nitrogens with one attached hydrogen (secondary N) is 1. The predicted molar refractivity (Wildman–Crippen MR) is 114 cm³/mol. The summed E-state index contributed by atoms with van der Waals surface area (Å²) < 4.78 is 40.8. The van der Waals surface area contributed by atoms with Gasteiger partial charge in [-0.1, -0.05) is 62.7 Å². The van der Waals surface area contributed by atoms with E-state index in [4.69, 9.17) is 0 Å². The van der Waals surface area contributed by atoms with Gasteiger partial charge in [-0.2, -0.15) is 0 Å². The van der Waals surface area contributed by atoms with Crippen molar-refractivity contribution in [2.75, 3.05) is 5.32 Å². The first-order valence-corrected chi connectivity index (χ1v) is 9.56. The highest BCUT2D eigenvalue weighted by Gasteiger charge is 2.31. The minimum Gasteiger partial charge on any atom is -0.406 e. The molecule has 0 heterocycles. The molecule has 3 nitrogen and oxygen atoms in total. The molecule has 0 saturated heterocycles. The summed E-state index contributed by atoms with van der Waals surface area (Å²) in [4.78, 5) is 12.7. The molecule has 0 spiro atoms. The van der Waals surface area contributed by atoms with Crippen LogP contribution in [0.15, 0.2) is 72.8 Å². The SMILES string of the molecule is CCC.Cc1cccc(NC(=O)c2ccccc2-c2ccc(OC(F)(F)F)cc2)c1. The molecule has 0 saturated carbocycles. The number of amides is 1. The van der Waals surface area contributed by atoms with Crippen molar-refractivity contribution in [3.63, 3.8) is 0 Å². The van der Waals surface area contributed by atoms with Crippen molar-refractivity contribution in [2.45, 2.75) is 33.6 Å². The van der Waals surface area contributed by atoms with Crippen molar-refractivity contribution < 1.29 is 22.7 Å². The van der Waals surface area contributed by atoms with Crippen molar-refractivity contribution in [1.29, 1.82) is 0 Å². The fourth-order valence-corrected chi connectivity index (χ4v) is 2.69. The summed E-state index contributed by atoms with van der Waals surface area (Å²) in [5, 5.41) is 2.84. The van der Waals surface area contributed by atoms with E-state index in [1.807, 2.05) is 25.1 Å². The normalized spacial score (nSPS) is 10.6. The van der Waals surface area contributed by atoms with E-state index in [9.17, 15) is 18.0 Å². The molecule has 1 N–H and O–H groups in total. The molecule has 158 valence electrons.